The molecule has 0 atom stereocenters. The Morgan fingerprint density at radius 3 is 1.84 bits per heavy atom. The number of benzene rings is 1. The molecule has 0 spiro atoms. The van der Waals surface area contributed by atoms with Crippen LogP contribution in [0.25, 0.3) is 0 Å². The standard InChI is InChI=1S/C11H13F3.C3H8.C2H6/c1-3-4-9-6-5-8(2)7-10(9)11(12,13)14;1-3-2;1-2/h5-7H,3-4H2,1-2H3;3H2,1-2H3;1-2H3. The molecule has 0 bridgehead atoms. The average molecular weight is 276 g/mol. The Kier molecular flexibility index (Phi) is 11.7. The SMILES string of the molecule is CC.CCC.CCCc1ccc(C)cc1C(F)(F)F. The summed E-state index contributed by atoms with van der Waals surface area (Å²) < 4.78 is 37.7. The third-order valence-electron chi connectivity index (χ3n) is 2.09. The number of hydrogen-bond donors (Lipinski definition) is 0. The van der Waals surface area contributed by atoms with Crippen molar-refractivity contribution in [3.63, 3.8) is 0 Å². The molecule has 0 N–H and O–H groups in total. The van der Waals surface area contributed by atoms with Crippen molar-refractivity contribution in [2.45, 2.75) is 67.0 Å². The van der Waals surface area contributed by atoms with E-state index in [1.807, 2.05) is 20.8 Å². The first-order chi connectivity index (χ1) is 8.86. The molecule has 0 radical (unpaired) electrons. The molecule has 0 aliphatic carbocycles. The Labute approximate surface area is 116 Å². The molecule has 0 aliphatic rings. The maximum absolute atomic E-state index is 12.6. The minimum absolute atomic E-state index is 0.394. The molecule has 1 aromatic rings. The third kappa shape index (κ3) is 8.68. The van der Waals surface area contributed by atoms with Crippen LogP contribution in [0.4, 0.5) is 13.2 Å². The van der Waals surface area contributed by atoms with E-state index in [1.165, 1.54) is 12.5 Å². The first kappa shape index (κ1) is 20.3. The highest BCUT2D eigenvalue weighted by Crippen LogP contribution is 2.33. The first-order valence-electron chi connectivity index (χ1n) is 7.03. The van der Waals surface area contributed by atoms with Gasteiger partial charge in [0.05, 0.1) is 5.56 Å². The van der Waals surface area contributed by atoms with Gasteiger partial charge in [-0.1, -0.05) is 65.2 Å². The van der Waals surface area contributed by atoms with Crippen molar-refractivity contribution < 1.29 is 13.2 Å². The molecule has 1 aromatic carbocycles. The van der Waals surface area contributed by atoms with E-state index in [1.54, 1.807) is 19.1 Å². The highest BCUT2D eigenvalue weighted by atomic mass is 19.4. The van der Waals surface area contributed by atoms with Gasteiger partial charge in [-0.25, -0.2) is 0 Å². The van der Waals surface area contributed by atoms with Gasteiger partial charge in [0.15, 0.2) is 0 Å². The monoisotopic (exact) mass is 276 g/mol. The summed E-state index contributed by atoms with van der Waals surface area (Å²) in [7, 11) is 0. The minimum atomic E-state index is -4.23. The summed E-state index contributed by atoms with van der Waals surface area (Å²) in [5.74, 6) is 0. The molecular formula is C16H27F3. The van der Waals surface area contributed by atoms with Gasteiger partial charge in [0.1, 0.15) is 0 Å². The van der Waals surface area contributed by atoms with E-state index < -0.39 is 11.7 Å². The van der Waals surface area contributed by atoms with Crippen molar-refractivity contribution in [1.29, 1.82) is 0 Å². The van der Waals surface area contributed by atoms with Crippen molar-refractivity contribution in [2.75, 3.05) is 0 Å². The van der Waals surface area contributed by atoms with Gasteiger partial charge in [0, 0.05) is 0 Å². The molecule has 0 saturated heterocycles. The second-order valence-corrected chi connectivity index (χ2v) is 4.12. The van der Waals surface area contributed by atoms with Gasteiger partial charge in [-0.2, -0.15) is 13.2 Å². The van der Waals surface area contributed by atoms with Crippen LogP contribution in [0.15, 0.2) is 18.2 Å². The second kappa shape index (κ2) is 10.9. The molecule has 0 unspecified atom stereocenters. The van der Waals surface area contributed by atoms with Crippen LogP contribution in [0.2, 0.25) is 0 Å². The molecular weight excluding hydrogens is 249 g/mol. The van der Waals surface area contributed by atoms with Crippen molar-refractivity contribution in [3.8, 4) is 0 Å². The third-order valence-corrected chi connectivity index (χ3v) is 2.09. The van der Waals surface area contributed by atoms with E-state index in [9.17, 15) is 13.2 Å². The average Bonchev–Trinajstić information content (AvgIpc) is 2.34. The number of hydrogen-bond acceptors (Lipinski definition) is 0. The van der Waals surface area contributed by atoms with Crippen molar-refractivity contribution in [3.05, 3.63) is 34.9 Å². The van der Waals surface area contributed by atoms with Crippen LogP contribution in [0.3, 0.4) is 0 Å². The fraction of sp³-hybridized carbons (Fsp3) is 0.625. The van der Waals surface area contributed by atoms with Crippen molar-refractivity contribution in [1.82, 2.24) is 0 Å². The molecule has 0 fully saturated rings. The molecule has 0 aromatic heterocycles. The molecule has 3 heteroatoms. The maximum Gasteiger partial charge on any atom is 0.416 e. The lowest BCUT2D eigenvalue weighted by atomic mass is 10.0. The molecule has 0 aliphatic heterocycles. The summed E-state index contributed by atoms with van der Waals surface area (Å²) in [5.41, 5.74) is 0.558. The van der Waals surface area contributed by atoms with Gasteiger partial charge in [-0.05, 0) is 25.0 Å². The van der Waals surface area contributed by atoms with E-state index in [-0.39, 0.29) is 0 Å². The Balaban J connectivity index is 0. The van der Waals surface area contributed by atoms with Crippen LogP contribution in [-0.4, -0.2) is 0 Å². The summed E-state index contributed by atoms with van der Waals surface area (Å²) in [5, 5.41) is 0. The predicted molar refractivity (Wildman–Crippen MR) is 77.5 cm³/mol. The molecule has 0 nitrogen and oxygen atoms in total. The molecule has 0 saturated carbocycles. The van der Waals surface area contributed by atoms with Gasteiger partial charge < -0.3 is 0 Å². The van der Waals surface area contributed by atoms with Crippen LogP contribution >= 0.6 is 0 Å². The molecule has 19 heavy (non-hydrogen) atoms. The zero-order valence-electron chi connectivity index (χ0n) is 13.0. The number of rotatable bonds is 2. The summed E-state index contributed by atoms with van der Waals surface area (Å²) in [6, 6.07) is 4.51. The van der Waals surface area contributed by atoms with Crippen LogP contribution in [-0.2, 0) is 12.6 Å². The Hall–Kier alpha value is -0.990. The van der Waals surface area contributed by atoms with Crippen molar-refractivity contribution in [2.24, 2.45) is 0 Å². The number of aryl methyl sites for hydroxylation is 2. The minimum Gasteiger partial charge on any atom is -0.166 e. The van der Waals surface area contributed by atoms with E-state index in [0.29, 0.717) is 17.5 Å². The summed E-state index contributed by atoms with van der Waals surface area (Å²) >= 11 is 0. The smallest absolute Gasteiger partial charge is 0.166 e. The van der Waals surface area contributed by atoms with Crippen LogP contribution in [0.1, 0.15) is 64.2 Å². The topological polar surface area (TPSA) is 0 Å². The summed E-state index contributed by atoms with van der Waals surface area (Å²) in [6.45, 7) is 11.8. The quantitative estimate of drug-likeness (QED) is 0.585. The van der Waals surface area contributed by atoms with Gasteiger partial charge in [-0.15, -0.1) is 0 Å². The summed E-state index contributed by atoms with van der Waals surface area (Å²) in [4.78, 5) is 0. The van der Waals surface area contributed by atoms with Gasteiger partial charge >= 0.3 is 6.18 Å². The first-order valence-corrected chi connectivity index (χ1v) is 7.03. The predicted octanol–water partition coefficient (Wildman–Crippen LogP) is 6.41. The molecule has 0 heterocycles. The highest BCUT2D eigenvalue weighted by Gasteiger charge is 2.32. The van der Waals surface area contributed by atoms with Crippen LogP contribution in [0.5, 0.6) is 0 Å². The second-order valence-electron chi connectivity index (χ2n) is 4.12. The Morgan fingerprint density at radius 1 is 1.00 bits per heavy atom. The van der Waals surface area contributed by atoms with Gasteiger partial charge in [0.25, 0.3) is 0 Å². The van der Waals surface area contributed by atoms with Gasteiger partial charge in [-0.3, -0.25) is 0 Å². The number of alkyl halides is 3. The van der Waals surface area contributed by atoms with Crippen LogP contribution < -0.4 is 0 Å². The zero-order chi connectivity index (χ0) is 15.5. The van der Waals surface area contributed by atoms with E-state index in [0.717, 1.165) is 6.42 Å². The highest BCUT2D eigenvalue weighted by molar-refractivity contribution is 5.33. The Morgan fingerprint density at radius 2 is 1.47 bits per heavy atom. The molecule has 1 rings (SSSR count). The molecule has 112 valence electrons. The van der Waals surface area contributed by atoms with Gasteiger partial charge in [0.2, 0.25) is 0 Å². The fourth-order valence-electron chi connectivity index (χ4n) is 1.44. The lowest BCUT2D eigenvalue weighted by Gasteiger charge is -2.12. The van der Waals surface area contributed by atoms with Crippen molar-refractivity contribution >= 4 is 0 Å². The van der Waals surface area contributed by atoms with E-state index in [2.05, 4.69) is 13.8 Å². The van der Waals surface area contributed by atoms with E-state index >= 15 is 0 Å². The van der Waals surface area contributed by atoms with Crippen LogP contribution in [0, 0.1) is 6.92 Å². The largest absolute Gasteiger partial charge is 0.416 e. The summed E-state index contributed by atoms with van der Waals surface area (Å²) in [6.07, 6.45) is -1.77. The fourth-order valence-corrected chi connectivity index (χ4v) is 1.44. The Bertz CT molecular complexity index is 327. The lowest BCUT2D eigenvalue weighted by molar-refractivity contribution is -0.138. The normalized spacial score (nSPS) is 9.95. The number of halogens is 3. The molecule has 0 amide bonds. The maximum atomic E-state index is 12.6. The lowest BCUT2D eigenvalue weighted by Crippen LogP contribution is -2.09. The zero-order valence-corrected chi connectivity index (χ0v) is 13.0. The van der Waals surface area contributed by atoms with E-state index in [4.69, 9.17) is 0 Å².